The Bertz CT molecular complexity index is 170. The van der Waals surface area contributed by atoms with Crippen molar-refractivity contribution in [2.75, 3.05) is 60.5 Å². The summed E-state index contributed by atoms with van der Waals surface area (Å²) in [6.45, 7) is 6.36. The van der Waals surface area contributed by atoms with Gasteiger partial charge in [0.05, 0.1) is 12.7 Å². The van der Waals surface area contributed by atoms with Crippen LogP contribution in [0, 0.1) is 0 Å². The summed E-state index contributed by atoms with van der Waals surface area (Å²) in [6.07, 6.45) is 2.83. The molecule has 1 rings (SSSR count). The largest absolute Gasteiger partial charge is 0.377 e. The second kappa shape index (κ2) is 8.01. The van der Waals surface area contributed by atoms with Crippen LogP contribution in [0.25, 0.3) is 0 Å². The molecule has 4 nitrogen and oxygen atoms in total. The number of hydrogen-bond donors (Lipinski definition) is 1. The van der Waals surface area contributed by atoms with Gasteiger partial charge in [0.15, 0.2) is 0 Å². The molecule has 0 aromatic carbocycles. The normalized spacial score (nSPS) is 18.6. The van der Waals surface area contributed by atoms with Crippen LogP contribution in [-0.4, -0.2) is 76.4 Å². The standard InChI is InChI=1S/C12H27N3O/c1-14(2)8-9-15(3)10-11-16-12-4-6-13-7-5-12/h12-13H,4-11H2,1-3H3. The molecule has 1 aliphatic rings. The number of nitrogens with one attached hydrogen (secondary N) is 1. The van der Waals surface area contributed by atoms with Gasteiger partial charge in [-0.3, -0.25) is 0 Å². The quantitative estimate of drug-likeness (QED) is 0.677. The maximum Gasteiger partial charge on any atom is 0.0600 e. The second-order valence-electron chi connectivity index (χ2n) is 4.93. The fraction of sp³-hybridized carbons (Fsp3) is 1.00. The van der Waals surface area contributed by atoms with E-state index in [1.165, 1.54) is 12.8 Å². The molecule has 1 heterocycles. The van der Waals surface area contributed by atoms with Crippen molar-refractivity contribution in [2.45, 2.75) is 18.9 Å². The molecule has 0 atom stereocenters. The summed E-state index contributed by atoms with van der Waals surface area (Å²) in [5, 5.41) is 3.35. The van der Waals surface area contributed by atoms with Crippen molar-refractivity contribution >= 4 is 0 Å². The van der Waals surface area contributed by atoms with Gasteiger partial charge in [-0.15, -0.1) is 0 Å². The molecular weight excluding hydrogens is 202 g/mol. The fourth-order valence-electron chi connectivity index (χ4n) is 1.82. The van der Waals surface area contributed by atoms with E-state index >= 15 is 0 Å². The number of nitrogens with zero attached hydrogens (tertiary/aromatic N) is 2. The van der Waals surface area contributed by atoms with E-state index in [9.17, 15) is 0 Å². The van der Waals surface area contributed by atoms with Crippen LogP contribution in [0.15, 0.2) is 0 Å². The summed E-state index contributed by atoms with van der Waals surface area (Å²) in [4.78, 5) is 4.55. The summed E-state index contributed by atoms with van der Waals surface area (Å²) in [5.41, 5.74) is 0. The summed E-state index contributed by atoms with van der Waals surface area (Å²) < 4.78 is 5.87. The number of likely N-dealkylation sites (N-methyl/N-ethyl adjacent to an activating group) is 2. The van der Waals surface area contributed by atoms with Gasteiger partial charge in [-0.1, -0.05) is 0 Å². The summed E-state index contributed by atoms with van der Waals surface area (Å²) in [5.74, 6) is 0. The van der Waals surface area contributed by atoms with Crippen LogP contribution in [0.3, 0.4) is 0 Å². The fourth-order valence-corrected chi connectivity index (χ4v) is 1.82. The van der Waals surface area contributed by atoms with Gasteiger partial charge in [0.1, 0.15) is 0 Å². The Balaban J connectivity index is 1.96. The highest BCUT2D eigenvalue weighted by atomic mass is 16.5. The van der Waals surface area contributed by atoms with Gasteiger partial charge in [0.25, 0.3) is 0 Å². The highest BCUT2D eigenvalue weighted by Gasteiger charge is 2.12. The van der Waals surface area contributed by atoms with Crippen LogP contribution in [0.5, 0.6) is 0 Å². The number of hydrogen-bond acceptors (Lipinski definition) is 4. The first-order valence-electron chi connectivity index (χ1n) is 6.34. The molecule has 0 spiro atoms. The number of ether oxygens (including phenoxy) is 1. The van der Waals surface area contributed by atoms with Crippen LogP contribution in [-0.2, 0) is 4.74 Å². The highest BCUT2D eigenvalue weighted by Crippen LogP contribution is 2.06. The van der Waals surface area contributed by atoms with E-state index in [0.717, 1.165) is 39.3 Å². The molecular formula is C12H27N3O. The lowest BCUT2D eigenvalue weighted by Crippen LogP contribution is -2.35. The van der Waals surface area contributed by atoms with E-state index in [2.05, 4.69) is 36.3 Å². The van der Waals surface area contributed by atoms with Gasteiger partial charge in [-0.2, -0.15) is 0 Å². The minimum absolute atomic E-state index is 0.489. The molecule has 1 fully saturated rings. The predicted octanol–water partition coefficient (Wildman–Crippen LogP) is 0.248. The Morgan fingerprint density at radius 3 is 2.38 bits per heavy atom. The Kier molecular flexibility index (Phi) is 6.96. The average molecular weight is 229 g/mol. The van der Waals surface area contributed by atoms with Crippen LogP contribution < -0.4 is 5.32 Å². The maximum absolute atomic E-state index is 5.87. The van der Waals surface area contributed by atoms with E-state index in [1.54, 1.807) is 0 Å². The molecule has 0 radical (unpaired) electrons. The third kappa shape index (κ3) is 6.43. The molecule has 0 aliphatic carbocycles. The van der Waals surface area contributed by atoms with Gasteiger partial charge in [-0.05, 0) is 47.1 Å². The number of piperidine rings is 1. The van der Waals surface area contributed by atoms with Crippen molar-refractivity contribution in [1.29, 1.82) is 0 Å². The molecule has 0 aromatic heterocycles. The molecule has 16 heavy (non-hydrogen) atoms. The Morgan fingerprint density at radius 1 is 1.06 bits per heavy atom. The third-order valence-electron chi connectivity index (χ3n) is 3.04. The first-order chi connectivity index (χ1) is 7.68. The van der Waals surface area contributed by atoms with Crippen molar-refractivity contribution in [3.05, 3.63) is 0 Å². The van der Waals surface area contributed by atoms with Gasteiger partial charge in [0, 0.05) is 19.6 Å². The van der Waals surface area contributed by atoms with Crippen molar-refractivity contribution < 1.29 is 4.74 Å². The Hall–Kier alpha value is -0.160. The predicted molar refractivity (Wildman–Crippen MR) is 67.9 cm³/mol. The number of rotatable bonds is 7. The molecule has 96 valence electrons. The van der Waals surface area contributed by atoms with E-state index < -0.39 is 0 Å². The molecule has 4 heteroatoms. The van der Waals surface area contributed by atoms with Crippen LogP contribution in [0.1, 0.15) is 12.8 Å². The van der Waals surface area contributed by atoms with Gasteiger partial charge in [0.2, 0.25) is 0 Å². The van der Waals surface area contributed by atoms with E-state index in [4.69, 9.17) is 4.74 Å². The minimum Gasteiger partial charge on any atom is -0.377 e. The van der Waals surface area contributed by atoms with Gasteiger partial charge < -0.3 is 19.9 Å². The minimum atomic E-state index is 0.489. The first-order valence-corrected chi connectivity index (χ1v) is 6.34. The first kappa shape index (κ1) is 13.9. The van der Waals surface area contributed by atoms with Crippen LogP contribution >= 0.6 is 0 Å². The van der Waals surface area contributed by atoms with E-state index in [1.807, 2.05) is 0 Å². The van der Waals surface area contributed by atoms with Crippen molar-refractivity contribution in [2.24, 2.45) is 0 Å². The summed E-state index contributed by atoms with van der Waals surface area (Å²) >= 11 is 0. The van der Waals surface area contributed by atoms with Crippen molar-refractivity contribution in [3.63, 3.8) is 0 Å². The van der Waals surface area contributed by atoms with Crippen LogP contribution in [0.2, 0.25) is 0 Å². The third-order valence-corrected chi connectivity index (χ3v) is 3.04. The lowest BCUT2D eigenvalue weighted by atomic mass is 10.1. The van der Waals surface area contributed by atoms with Gasteiger partial charge >= 0.3 is 0 Å². The maximum atomic E-state index is 5.87. The summed E-state index contributed by atoms with van der Waals surface area (Å²) in [7, 11) is 6.38. The van der Waals surface area contributed by atoms with Crippen molar-refractivity contribution in [3.8, 4) is 0 Å². The molecule has 0 unspecified atom stereocenters. The Labute approximate surface area is 99.9 Å². The lowest BCUT2D eigenvalue weighted by molar-refractivity contribution is 0.0227. The molecule has 0 saturated carbocycles. The smallest absolute Gasteiger partial charge is 0.0600 e. The van der Waals surface area contributed by atoms with Crippen molar-refractivity contribution in [1.82, 2.24) is 15.1 Å². The molecule has 0 aromatic rings. The van der Waals surface area contributed by atoms with E-state index in [0.29, 0.717) is 6.10 Å². The van der Waals surface area contributed by atoms with Gasteiger partial charge in [-0.25, -0.2) is 0 Å². The molecule has 1 saturated heterocycles. The van der Waals surface area contributed by atoms with Crippen LogP contribution in [0.4, 0.5) is 0 Å². The lowest BCUT2D eigenvalue weighted by Gasteiger charge is -2.25. The highest BCUT2D eigenvalue weighted by molar-refractivity contribution is 4.68. The molecule has 0 bridgehead atoms. The molecule has 0 amide bonds. The zero-order chi connectivity index (χ0) is 11.8. The molecule has 1 aliphatic heterocycles. The second-order valence-corrected chi connectivity index (χ2v) is 4.93. The van der Waals surface area contributed by atoms with E-state index in [-0.39, 0.29) is 0 Å². The monoisotopic (exact) mass is 229 g/mol. The average Bonchev–Trinajstić information content (AvgIpc) is 2.28. The zero-order valence-electron chi connectivity index (χ0n) is 11.0. The topological polar surface area (TPSA) is 27.7 Å². The zero-order valence-corrected chi connectivity index (χ0v) is 11.0. The molecule has 1 N–H and O–H groups in total. The summed E-state index contributed by atoms with van der Waals surface area (Å²) in [6, 6.07) is 0. The SMILES string of the molecule is CN(C)CCN(C)CCOC1CCNCC1. The Morgan fingerprint density at radius 2 is 1.75 bits per heavy atom.